The first-order valence-electron chi connectivity index (χ1n) is 7.29. The second kappa shape index (κ2) is 6.54. The van der Waals surface area contributed by atoms with Crippen LogP contribution in [0.3, 0.4) is 0 Å². The number of hydrogen-bond acceptors (Lipinski definition) is 3. The average molecular weight is 374 g/mol. The van der Waals surface area contributed by atoms with E-state index >= 15 is 0 Å². The van der Waals surface area contributed by atoms with E-state index in [0.29, 0.717) is 24.0 Å². The fraction of sp³-hybridized carbons (Fsp3) is 0.562. The Hall–Kier alpha value is -1.14. The molecule has 0 saturated carbocycles. The molecule has 0 bridgehead atoms. The third-order valence-electron chi connectivity index (χ3n) is 3.62. The molecular formula is C16H21BrFNO3. The molecule has 2 atom stereocenters. The molecule has 0 radical (unpaired) electrons. The molecule has 2 unspecified atom stereocenters. The minimum atomic E-state index is -0.956. The van der Waals surface area contributed by atoms with Crippen LogP contribution in [0.2, 0.25) is 0 Å². The average Bonchev–Trinajstić information content (AvgIpc) is 2.85. The van der Waals surface area contributed by atoms with E-state index < -0.39 is 23.6 Å². The first-order valence-corrected chi connectivity index (χ1v) is 8.08. The highest BCUT2D eigenvalue weighted by molar-refractivity contribution is 9.10. The smallest absolute Gasteiger partial charge is 0.410 e. The van der Waals surface area contributed by atoms with Crippen LogP contribution in [0.25, 0.3) is 0 Å². The van der Waals surface area contributed by atoms with E-state index in [4.69, 9.17) is 4.74 Å². The van der Waals surface area contributed by atoms with Crippen molar-refractivity contribution >= 4 is 22.0 Å². The molecule has 1 fully saturated rings. The highest BCUT2D eigenvalue weighted by Crippen LogP contribution is 2.35. The number of aliphatic hydroxyl groups is 1. The second-order valence-corrected chi connectivity index (χ2v) is 7.41. The van der Waals surface area contributed by atoms with Crippen LogP contribution in [-0.2, 0) is 4.74 Å². The van der Waals surface area contributed by atoms with Crippen molar-refractivity contribution in [1.29, 1.82) is 0 Å². The molecule has 1 heterocycles. The molecule has 122 valence electrons. The lowest BCUT2D eigenvalue weighted by molar-refractivity contribution is 0.0267. The summed E-state index contributed by atoms with van der Waals surface area (Å²) in [5.41, 5.74) is -0.305. The normalized spacial score (nSPS) is 20.1. The highest BCUT2D eigenvalue weighted by Gasteiger charge is 2.35. The lowest BCUT2D eigenvalue weighted by Gasteiger charge is -2.25. The van der Waals surface area contributed by atoms with E-state index in [0.717, 1.165) is 0 Å². The quantitative estimate of drug-likeness (QED) is 0.855. The van der Waals surface area contributed by atoms with E-state index in [-0.39, 0.29) is 11.5 Å². The Labute approximate surface area is 138 Å². The third-order valence-corrected chi connectivity index (χ3v) is 4.31. The molecule has 1 aromatic carbocycles. The zero-order chi connectivity index (χ0) is 16.5. The van der Waals surface area contributed by atoms with Gasteiger partial charge in [0.25, 0.3) is 0 Å². The molecule has 0 aromatic heterocycles. The van der Waals surface area contributed by atoms with E-state index in [1.54, 1.807) is 17.0 Å². The number of ether oxygens (including phenoxy) is 1. The fourth-order valence-corrected chi connectivity index (χ4v) is 3.14. The molecule has 4 nitrogen and oxygen atoms in total. The number of hydrogen-bond donors (Lipinski definition) is 1. The number of carbonyl (C=O) groups excluding carboxylic acids is 1. The molecule has 0 spiro atoms. The summed E-state index contributed by atoms with van der Waals surface area (Å²) in [6.45, 7) is 6.29. The van der Waals surface area contributed by atoms with Gasteiger partial charge < -0.3 is 14.7 Å². The number of nitrogens with zero attached hydrogens (tertiary/aromatic N) is 1. The minimum absolute atomic E-state index is 0.208. The monoisotopic (exact) mass is 373 g/mol. The maximum atomic E-state index is 13.9. The van der Waals surface area contributed by atoms with E-state index in [2.05, 4.69) is 15.9 Å². The summed E-state index contributed by atoms with van der Waals surface area (Å²) in [7, 11) is 0. The van der Waals surface area contributed by atoms with Crippen LogP contribution in [0.5, 0.6) is 0 Å². The van der Waals surface area contributed by atoms with Gasteiger partial charge in [-0.2, -0.15) is 0 Å². The Morgan fingerprint density at radius 1 is 1.50 bits per heavy atom. The maximum absolute atomic E-state index is 13.9. The third kappa shape index (κ3) is 3.98. The molecule has 1 aliphatic heterocycles. The van der Waals surface area contributed by atoms with Crippen molar-refractivity contribution in [3.8, 4) is 0 Å². The van der Waals surface area contributed by atoms with E-state index in [1.807, 2.05) is 20.8 Å². The predicted molar refractivity (Wildman–Crippen MR) is 85.0 cm³/mol. The van der Waals surface area contributed by atoms with Gasteiger partial charge in [-0.05, 0) is 39.3 Å². The molecule has 1 aliphatic rings. The Morgan fingerprint density at radius 3 is 2.77 bits per heavy atom. The van der Waals surface area contributed by atoms with Crippen molar-refractivity contribution in [2.45, 2.75) is 38.9 Å². The standard InChI is InChI=1S/C16H21BrFNO3/c1-16(2,3)22-15(21)19-8-7-10(9-19)14(20)13-11(17)5-4-6-12(13)18/h4-6,10,14,20H,7-9H2,1-3H3. The van der Waals surface area contributed by atoms with Gasteiger partial charge in [0.2, 0.25) is 0 Å². The zero-order valence-electron chi connectivity index (χ0n) is 13.0. The SMILES string of the molecule is CC(C)(C)OC(=O)N1CCC(C(O)c2c(F)cccc2Br)C1. The number of benzene rings is 1. The van der Waals surface area contributed by atoms with Gasteiger partial charge in [-0.3, -0.25) is 0 Å². The van der Waals surface area contributed by atoms with Crippen LogP contribution >= 0.6 is 15.9 Å². The van der Waals surface area contributed by atoms with Crippen molar-refractivity contribution in [3.63, 3.8) is 0 Å². The van der Waals surface area contributed by atoms with Gasteiger partial charge in [0.1, 0.15) is 11.4 Å². The first kappa shape index (κ1) is 17.2. The largest absolute Gasteiger partial charge is 0.444 e. The van der Waals surface area contributed by atoms with Gasteiger partial charge in [0, 0.05) is 29.0 Å². The number of aliphatic hydroxyl groups excluding tert-OH is 1. The molecule has 6 heteroatoms. The minimum Gasteiger partial charge on any atom is -0.444 e. The van der Waals surface area contributed by atoms with Crippen LogP contribution < -0.4 is 0 Å². The van der Waals surface area contributed by atoms with Gasteiger partial charge in [-0.15, -0.1) is 0 Å². The number of carbonyl (C=O) groups is 1. The summed E-state index contributed by atoms with van der Waals surface area (Å²) in [5.74, 6) is -0.654. The van der Waals surface area contributed by atoms with Gasteiger partial charge in [0.15, 0.2) is 0 Å². The number of amides is 1. The van der Waals surface area contributed by atoms with Gasteiger partial charge in [-0.25, -0.2) is 9.18 Å². The molecule has 1 aromatic rings. The molecule has 22 heavy (non-hydrogen) atoms. The summed E-state index contributed by atoms with van der Waals surface area (Å²) in [6, 6.07) is 4.60. The number of halogens is 2. The Balaban J connectivity index is 2.05. The maximum Gasteiger partial charge on any atom is 0.410 e. The second-order valence-electron chi connectivity index (χ2n) is 6.56. The van der Waals surface area contributed by atoms with Crippen LogP contribution in [0.4, 0.5) is 9.18 Å². The fourth-order valence-electron chi connectivity index (χ4n) is 2.57. The Morgan fingerprint density at radius 2 is 2.18 bits per heavy atom. The Bertz CT molecular complexity index is 539. The van der Waals surface area contributed by atoms with Crippen LogP contribution in [-0.4, -0.2) is 34.8 Å². The number of rotatable bonds is 2. The van der Waals surface area contributed by atoms with Gasteiger partial charge in [0.05, 0.1) is 6.10 Å². The summed E-state index contributed by atoms with van der Waals surface area (Å²) < 4.78 is 19.8. The number of likely N-dealkylation sites (tertiary alicyclic amines) is 1. The molecule has 1 saturated heterocycles. The van der Waals surface area contributed by atoms with E-state index in [9.17, 15) is 14.3 Å². The topological polar surface area (TPSA) is 49.8 Å². The first-order chi connectivity index (χ1) is 10.2. The summed E-state index contributed by atoms with van der Waals surface area (Å²) in [6.07, 6.45) is -0.737. The van der Waals surface area contributed by atoms with Crippen molar-refractivity contribution in [1.82, 2.24) is 4.90 Å². The lowest BCUT2D eigenvalue weighted by atomic mass is 9.95. The molecule has 1 N–H and O–H groups in total. The Kier molecular flexibility index (Phi) is 5.12. The predicted octanol–water partition coefficient (Wildman–Crippen LogP) is 3.88. The van der Waals surface area contributed by atoms with Crippen molar-refractivity contribution in [3.05, 3.63) is 34.1 Å². The molecule has 0 aliphatic carbocycles. The van der Waals surface area contributed by atoms with Crippen molar-refractivity contribution in [2.24, 2.45) is 5.92 Å². The van der Waals surface area contributed by atoms with Crippen LogP contribution in [0.1, 0.15) is 38.9 Å². The zero-order valence-corrected chi connectivity index (χ0v) is 14.6. The van der Waals surface area contributed by atoms with Gasteiger partial charge >= 0.3 is 6.09 Å². The summed E-state index contributed by atoms with van der Waals surface area (Å²) >= 11 is 3.27. The van der Waals surface area contributed by atoms with E-state index in [1.165, 1.54) is 6.07 Å². The summed E-state index contributed by atoms with van der Waals surface area (Å²) in [5, 5.41) is 10.5. The van der Waals surface area contributed by atoms with Crippen LogP contribution in [0.15, 0.2) is 22.7 Å². The van der Waals surface area contributed by atoms with Crippen molar-refractivity contribution < 1.29 is 19.0 Å². The molecular weight excluding hydrogens is 353 g/mol. The lowest BCUT2D eigenvalue weighted by Crippen LogP contribution is -2.35. The highest BCUT2D eigenvalue weighted by atomic mass is 79.9. The van der Waals surface area contributed by atoms with Crippen LogP contribution in [0, 0.1) is 11.7 Å². The van der Waals surface area contributed by atoms with Gasteiger partial charge in [-0.1, -0.05) is 22.0 Å². The summed E-state index contributed by atoms with van der Waals surface area (Å²) in [4.78, 5) is 13.6. The van der Waals surface area contributed by atoms with Crippen molar-refractivity contribution in [2.75, 3.05) is 13.1 Å². The molecule has 2 rings (SSSR count). The molecule has 1 amide bonds.